The highest BCUT2D eigenvalue weighted by molar-refractivity contribution is 5.97. The predicted octanol–water partition coefficient (Wildman–Crippen LogP) is 0.914. The van der Waals surface area contributed by atoms with E-state index in [9.17, 15) is 4.79 Å². The zero-order valence-corrected chi connectivity index (χ0v) is 11.5. The van der Waals surface area contributed by atoms with Crippen LogP contribution in [0.25, 0.3) is 11.4 Å². The van der Waals surface area contributed by atoms with Crippen molar-refractivity contribution in [3.63, 3.8) is 0 Å². The first-order valence-electron chi connectivity index (χ1n) is 6.50. The minimum absolute atomic E-state index is 0.340. The molecule has 0 spiro atoms. The fourth-order valence-electron chi connectivity index (χ4n) is 2.59. The number of pyridine rings is 1. The number of nitrogens with zero attached hydrogens (tertiary/aromatic N) is 3. The van der Waals surface area contributed by atoms with Crippen molar-refractivity contribution < 1.29 is 9.53 Å². The summed E-state index contributed by atoms with van der Waals surface area (Å²) in [6.07, 6.45) is 4.32. The van der Waals surface area contributed by atoms with Gasteiger partial charge in [-0.25, -0.2) is 4.79 Å². The molecule has 6 heteroatoms. The van der Waals surface area contributed by atoms with Crippen LogP contribution in [0, 0.1) is 0 Å². The van der Waals surface area contributed by atoms with Crippen LogP contribution in [0.1, 0.15) is 21.5 Å². The third-order valence-corrected chi connectivity index (χ3v) is 3.60. The molecular weight excluding hydrogens is 256 g/mol. The summed E-state index contributed by atoms with van der Waals surface area (Å²) in [6.45, 7) is 1.59. The van der Waals surface area contributed by atoms with Gasteiger partial charge in [0.15, 0.2) is 0 Å². The highest BCUT2D eigenvalue weighted by atomic mass is 16.5. The molecule has 20 heavy (non-hydrogen) atoms. The minimum Gasteiger partial charge on any atom is -0.465 e. The monoisotopic (exact) mass is 272 g/mol. The number of aryl methyl sites for hydroxylation is 1. The number of carbonyl (C=O) groups is 1. The number of carbonyl (C=O) groups excluding carboxylic acids is 1. The number of rotatable bonds is 2. The predicted molar refractivity (Wildman–Crippen MR) is 73.2 cm³/mol. The van der Waals surface area contributed by atoms with Gasteiger partial charge in [0.1, 0.15) is 5.69 Å². The van der Waals surface area contributed by atoms with E-state index < -0.39 is 0 Å². The fourth-order valence-corrected chi connectivity index (χ4v) is 2.59. The van der Waals surface area contributed by atoms with E-state index in [1.807, 2.05) is 19.3 Å². The third kappa shape index (κ3) is 1.98. The van der Waals surface area contributed by atoms with Crippen LogP contribution in [0.15, 0.2) is 18.5 Å². The molecule has 104 valence electrons. The van der Waals surface area contributed by atoms with Gasteiger partial charge in [0.05, 0.1) is 18.4 Å². The molecule has 0 saturated heterocycles. The van der Waals surface area contributed by atoms with Crippen molar-refractivity contribution >= 4 is 5.97 Å². The van der Waals surface area contributed by atoms with E-state index in [0.717, 1.165) is 36.3 Å². The summed E-state index contributed by atoms with van der Waals surface area (Å²) < 4.78 is 6.66. The van der Waals surface area contributed by atoms with E-state index >= 15 is 0 Å². The lowest BCUT2D eigenvalue weighted by Gasteiger charge is -2.21. The van der Waals surface area contributed by atoms with Crippen molar-refractivity contribution in [2.24, 2.45) is 7.05 Å². The van der Waals surface area contributed by atoms with Gasteiger partial charge in [0.25, 0.3) is 0 Å². The Morgan fingerprint density at radius 2 is 2.35 bits per heavy atom. The Balaban J connectivity index is 2.24. The zero-order valence-electron chi connectivity index (χ0n) is 11.5. The number of ether oxygens (including phenoxy) is 1. The molecule has 0 fully saturated rings. The smallest absolute Gasteiger partial charge is 0.340 e. The molecule has 0 unspecified atom stereocenters. The molecule has 0 saturated carbocycles. The maximum Gasteiger partial charge on any atom is 0.340 e. The summed E-state index contributed by atoms with van der Waals surface area (Å²) in [5.41, 5.74) is 4.10. The summed E-state index contributed by atoms with van der Waals surface area (Å²) in [4.78, 5) is 16.7. The highest BCUT2D eigenvalue weighted by Gasteiger charge is 2.25. The van der Waals surface area contributed by atoms with Gasteiger partial charge in [-0.15, -0.1) is 0 Å². The molecule has 0 radical (unpaired) electrons. The lowest BCUT2D eigenvalue weighted by Crippen LogP contribution is -2.26. The molecule has 2 aromatic rings. The van der Waals surface area contributed by atoms with Crippen molar-refractivity contribution in [2.45, 2.75) is 13.0 Å². The largest absolute Gasteiger partial charge is 0.465 e. The van der Waals surface area contributed by atoms with Gasteiger partial charge in [-0.3, -0.25) is 9.67 Å². The van der Waals surface area contributed by atoms with E-state index in [0.29, 0.717) is 11.3 Å². The highest BCUT2D eigenvalue weighted by Crippen LogP contribution is 2.28. The van der Waals surface area contributed by atoms with E-state index in [1.54, 1.807) is 10.9 Å². The van der Waals surface area contributed by atoms with Crippen LogP contribution in [-0.2, 0) is 24.8 Å². The summed E-state index contributed by atoms with van der Waals surface area (Å²) in [5.74, 6) is -0.340. The van der Waals surface area contributed by atoms with E-state index in [1.165, 1.54) is 7.11 Å². The van der Waals surface area contributed by atoms with Gasteiger partial charge in [-0.05, 0) is 30.2 Å². The van der Waals surface area contributed by atoms with Crippen LogP contribution in [0.3, 0.4) is 0 Å². The lowest BCUT2D eigenvalue weighted by molar-refractivity contribution is 0.0599. The fraction of sp³-hybridized carbons (Fsp3) is 0.357. The second kappa shape index (κ2) is 5.05. The molecule has 0 amide bonds. The van der Waals surface area contributed by atoms with Gasteiger partial charge in [-0.2, -0.15) is 5.10 Å². The molecule has 0 aromatic carbocycles. The van der Waals surface area contributed by atoms with Crippen molar-refractivity contribution in [3.8, 4) is 11.4 Å². The maximum atomic E-state index is 12.2. The molecule has 3 heterocycles. The number of nitrogens with one attached hydrogen (secondary N) is 1. The van der Waals surface area contributed by atoms with Gasteiger partial charge in [-0.1, -0.05) is 0 Å². The minimum atomic E-state index is -0.340. The SMILES string of the molecule is COC(=O)c1c(-c2ccnn2C)ncc2c1CCNC2. The molecule has 1 aliphatic heterocycles. The second-order valence-corrected chi connectivity index (χ2v) is 4.74. The number of hydrogen-bond donors (Lipinski definition) is 1. The van der Waals surface area contributed by atoms with Gasteiger partial charge in [0, 0.05) is 26.0 Å². The van der Waals surface area contributed by atoms with Gasteiger partial charge < -0.3 is 10.1 Å². The zero-order chi connectivity index (χ0) is 14.1. The quantitative estimate of drug-likeness (QED) is 0.823. The summed E-state index contributed by atoms with van der Waals surface area (Å²) in [7, 11) is 3.23. The molecule has 0 bridgehead atoms. The molecule has 0 atom stereocenters. The van der Waals surface area contributed by atoms with Crippen LogP contribution in [-0.4, -0.2) is 34.4 Å². The number of methoxy groups -OCH3 is 1. The Morgan fingerprint density at radius 3 is 3.05 bits per heavy atom. The number of esters is 1. The lowest BCUT2D eigenvalue weighted by atomic mass is 9.94. The van der Waals surface area contributed by atoms with Crippen molar-refractivity contribution in [2.75, 3.05) is 13.7 Å². The van der Waals surface area contributed by atoms with Gasteiger partial charge in [0.2, 0.25) is 0 Å². The van der Waals surface area contributed by atoms with Crippen LogP contribution in [0.2, 0.25) is 0 Å². The molecule has 1 aliphatic rings. The molecule has 1 N–H and O–H groups in total. The molecule has 3 rings (SSSR count). The normalized spacial score (nSPS) is 13.9. The summed E-state index contributed by atoms with van der Waals surface area (Å²) >= 11 is 0. The number of hydrogen-bond acceptors (Lipinski definition) is 5. The van der Waals surface area contributed by atoms with Crippen LogP contribution in [0.4, 0.5) is 0 Å². The Bertz CT molecular complexity index is 663. The molecule has 2 aromatic heterocycles. The first kappa shape index (κ1) is 12.8. The number of fused-ring (bicyclic) bond motifs is 1. The van der Waals surface area contributed by atoms with E-state index in [2.05, 4.69) is 15.4 Å². The van der Waals surface area contributed by atoms with Crippen LogP contribution < -0.4 is 5.32 Å². The van der Waals surface area contributed by atoms with Gasteiger partial charge >= 0.3 is 5.97 Å². The van der Waals surface area contributed by atoms with E-state index in [4.69, 9.17) is 4.74 Å². The van der Waals surface area contributed by atoms with Crippen LogP contribution >= 0.6 is 0 Å². The van der Waals surface area contributed by atoms with E-state index in [-0.39, 0.29) is 5.97 Å². The average Bonchev–Trinajstić information content (AvgIpc) is 2.91. The van der Waals surface area contributed by atoms with Crippen LogP contribution in [0.5, 0.6) is 0 Å². The standard InChI is InChI=1S/C14H16N4O2/c1-18-11(4-6-17-18)13-12(14(19)20-2)10-3-5-15-7-9(10)8-16-13/h4,6,8,15H,3,5,7H2,1-2H3. The average molecular weight is 272 g/mol. The summed E-state index contributed by atoms with van der Waals surface area (Å²) in [6, 6.07) is 1.85. The van der Waals surface area contributed by atoms with Crippen molar-refractivity contribution in [1.82, 2.24) is 20.1 Å². The number of aromatic nitrogens is 3. The molecular formula is C14H16N4O2. The van der Waals surface area contributed by atoms with Crippen molar-refractivity contribution in [1.29, 1.82) is 0 Å². The topological polar surface area (TPSA) is 69.0 Å². The Labute approximate surface area is 116 Å². The molecule has 6 nitrogen and oxygen atoms in total. The Morgan fingerprint density at radius 1 is 1.50 bits per heavy atom. The molecule has 0 aliphatic carbocycles. The Hall–Kier alpha value is -2.21. The third-order valence-electron chi connectivity index (χ3n) is 3.60. The summed E-state index contributed by atoms with van der Waals surface area (Å²) in [5, 5.41) is 7.42. The first-order valence-corrected chi connectivity index (χ1v) is 6.50. The second-order valence-electron chi connectivity index (χ2n) is 4.74. The first-order chi connectivity index (χ1) is 9.72. The Kier molecular flexibility index (Phi) is 3.23. The maximum absolute atomic E-state index is 12.2. The van der Waals surface area contributed by atoms with Crippen molar-refractivity contribution in [3.05, 3.63) is 35.2 Å².